The lowest BCUT2D eigenvalue weighted by Gasteiger charge is -2.15. The van der Waals surface area contributed by atoms with Crippen molar-refractivity contribution in [2.75, 3.05) is 0 Å². The molecule has 1 heterocycles. The van der Waals surface area contributed by atoms with Crippen LogP contribution in [0.25, 0.3) is 34.0 Å². The van der Waals surface area contributed by atoms with Gasteiger partial charge in [0.2, 0.25) is 0 Å². The van der Waals surface area contributed by atoms with Crippen molar-refractivity contribution in [2.24, 2.45) is 0 Å². The first kappa shape index (κ1) is 28.6. The average Bonchev–Trinajstić information content (AvgIpc) is 3.04. The second-order valence-electron chi connectivity index (χ2n) is 10.9. The maximum Gasteiger partial charge on any atom is 0.344 e. The summed E-state index contributed by atoms with van der Waals surface area (Å²) in [6, 6.07) is 34.7. The zero-order chi connectivity index (χ0) is 30.6. The van der Waals surface area contributed by atoms with Crippen molar-refractivity contribution >= 4 is 45.9 Å². The van der Waals surface area contributed by atoms with Gasteiger partial charge in [0.1, 0.15) is 12.4 Å². The molecule has 216 valence electrons. The molecule has 6 rings (SSSR count). The van der Waals surface area contributed by atoms with Crippen molar-refractivity contribution in [2.45, 2.75) is 27.4 Å². The van der Waals surface area contributed by atoms with Gasteiger partial charge in [-0.05, 0) is 78.9 Å². The Morgan fingerprint density at radius 3 is 2.05 bits per heavy atom. The number of carbonyl (C=O) groups excluding carboxylic acids is 2. The third-order valence-electron chi connectivity index (χ3n) is 7.56. The summed E-state index contributed by atoms with van der Waals surface area (Å²) in [6.07, 6.45) is 4.07. The molecule has 0 spiro atoms. The fraction of sp³-hybridized carbons (Fsp3) is 0.103. The van der Waals surface area contributed by atoms with Gasteiger partial charge in [-0.25, -0.2) is 14.6 Å². The van der Waals surface area contributed by atoms with Crippen LogP contribution in [0.15, 0.2) is 109 Å². The molecule has 0 bridgehead atoms. The van der Waals surface area contributed by atoms with Gasteiger partial charge >= 0.3 is 11.9 Å². The maximum absolute atomic E-state index is 14.0. The molecule has 0 aliphatic carbocycles. The predicted octanol–water partition coefficient (Wildman–Crippen LogP) is 9.06. The number of aromatic nitrogens is 1. The molecule has 0 aliphatic heterocycles. The summed E-state index contributed by atoms with van der Waals surface area (Å²) >= 11 is 0. The van der Waals surface area contributed by atoms with Crippen LogP contribution < -0.4 is 4.74 Å². The average molecular weight is 578 g/mol. The van der Waals surface area contributed by atoms with Gasteiger partial charge in [0, 0.05) is 10.8 Å². The Labute approximate surface area is 256 Å². The van der Waals surface area contributed by atoms with Crippen LogP contribution in [-0.2, 0) is 11.3 Å². The molecule has 0 N–H and O–H groups in total. The minimum absolute atomic E-state index is 0.179. The number of fused-ring (bicyclic) bond motifs is 2. The summed E-state index contributed by atoms with van der Waals surface area (Å²) in [4.78, 5) is 31.6. The highest BCUT2D eigenvalue weighted by Crippen LogP contribution is 2.31. The second kappa shape index (κ2) is 12.4. The number of benzene rings is 5. The Hall–Kier alpha value is -5.55. The van der Waals surface area contributed by atoms with E-state index in [-0.39, 0.29) is 6.61 Å². The normalized spacial score (nSPS) is 11.2. The number of esters is 2. The van der Waals surface area contributed by atoms with Gasteiger partial charge in [-0.3, -0.25) is 0 Å². The van der Waals surface area contributed by atoms with Crippen molar-refractivity contribution in [3.63, 3.8) is 0 Å². The number of hydrogen-bond donors (Lipinski definition) is 0. The van der Waals surface area contributed by atoms with Crippen LogP contribution in [0.3, 0.4) is 0 Å². The van der Waals surface area contributed by atoms with Crippen molar-refractivity contribution in [1.82, 2.24) is 4.98 Å². The summed E-state index contributed by atoms with van der Waals surface area (Å²) in [7, 11) is 0. The highest BCUT2D eigenvalue weighted by Gasteiger charge is 2.21. The molecule has 0 amide bonds. The zero-order valence-electron chi connectivity index (χ0n) is 24.8. The zero-order valence-corrected chi connectivity index (χ0v) is 24.8. The van der Waals surface area contributed by atoms with E-state index >= 15 is 0 Å². The SMILES string of the molecule is Cc1ccc(/C=C/c2ccc3nc4ccccc4c(C(=O)Oc4c(C)cc(C(=O)OCc5ccccc5)cc4C)c3c2)cc1. The van der Waals surface area contributed by atoms with Crippen LogP contribution in [0.5, 0.6) is 5.75 Å². The van der Waals surface area contributed by atoms with Gasteiger partial charge in [0.25, 0.3) is 0 Å². The molecule has 5 nitrogen and oxygen atoms in total. The number of ether oxygens (including phenoxy) is 2. The van der Waals surface area contributed by atoms with E-state index in [1.165, 1.54) is 5.56 Å². The van der Waals surface area contributed by atoms with Gasteiger partial charge in [-0.15, -0.1) is 0 Å². The number of para-hydroxylation sites is 1. The topological polar surface area (TPSA) is 65.5 Å². The molecule has 0 saturated heterocycles. The molecule has 44 heavy (non-hydrogen) atoms. The fourth-order valence-corrected chi connectivity index (χ4v) is 5.28. The second-order valence-corrected chi connectivity index (χ2v) is 10.9. The molecule has 5 heteroatoms. The Balaban J connectivity index is 1.32. The lowest BCUT2D eigenvalue weighted by Crippen LogP contribution is -2.13. The standard InChI is InChI=1S/C39H31NO4/c1-25-13-15-28(16-14-25)17-18-29-19-20-35-33(23-29)36(32-11-7-8-12-34(32)40-35)39(42)44-37-26(2)21-31(22-27(37)3)38(41)43-24-30-9-5-4-6-10-30/h4-23H,24H2,1-3H3/b18-17+. The van der Waals surface area contributed by atoms with Gasteiger partial charge in [-0.2, -0.15) is 0 Å². The molecule has 0 atom stereocenters. The molecular weight excluding hydrogens is 546 g/mol. The van der Waals surface area contributed by atoms with Crippen molar-refractivity contribution < 1.29 is 19.1 Å². The molecule has 6 aromatic rings. The molecule has 0 unspecified atom stereocenters. The van der Waals surface area contributed by atoms with Gasteiger partial charge < -0.3 is 9.47 Å². The Kier molecular flexibility index (Phi) is 8.02. The van der Waals surface area contributed by atoms with E-state index in [2.05, 4.69) is 31.2 Å². The summed E-state index contributed by atoms with van der Waals surface area (Å²) in [5.41, 5.74) is 7.72. The monoisotopic (exact) mass is 577 g/mol. The third-order valence-corrected chi connectivity index (χ3v) is 7.56. The van der Waals surface area contributed by atoms with Crippen molar-refractivity contribution in [3.8, 4) is 5.75 Å². The first-order valence-electron chi connectivity index (χ1n) is 14.5. The number of aryl methyl sites for hydroxylation is 3. The van der Waals surface area contributed by atoms with Gasteiger partial charge in [0.05, 0.1) is 22.2 Å². The van der Waals surface area contributed by atoms with E-state index in [9.17, 15) is 9.59 Å². The van der Waals surface area contributed by atoms with E-state index in [1.807, 2.05) is 98.8 Å². The molecule has 0 saturated carbocycles. The summed E-state index contributed by atoms with van der Waals surface area (Å²) in [5, 5.41) is 1.41. The number of hydrogen-bond acceptors (Lipinski definition) is 5. The Morgan fingerprint density at radius 2 is 1.30 bits per heavy atom. The largest absolute Gasteiger partial charge is 0.457 e. The minimum Gasteiger partial charge on any atom is -0.457 e. The highest BCUT2D eigenvalue weighted by atomic mass is 16.5. The molecular formula is C39H31NO4. The molecule has 0 fully saturated rings. The lowest BCUT2D eigenvalue weighted by atomic mass is 10.00. The van der Waals surface area contributed by atoms with Crippen LogP contribution in [0.1, 0.15) is 54.1 Å². The smallest absolute Gasteiger partial charge is 0.344 e. The Bertz CT molecular complexity index is 2020. The van der Waals surface area contributed by atoms with Crippen molar-refractivity contribution in [3.05, 3.63) is 154 Å². The van der Waals surface area contributed by atoms with E-state index in [0.717, 1.165) is 16.7 Å². The lowest BCUT2D eigenvalue weighted by molar-refractivity contribution is 0.0472. The summed E-state index contributed by atoms with van der Waals surface area (Å²) < 4.78 is 11.6. The quantitative estimate of drug-likeness (QED) is 0.0820. The number of nitrogens with zero attached hydrogens (tertiary/aromatic N) is 1. The maximum atomic E-state index is 14.0. The van der Waals surface area contributed by atoms with E-state index in [0.29, 0.717) is 49.8 Å². The summed E-state index contributed by atoms with van der Waals surface area (Å²) in [6.45, 7) is 5.88. The highest BCUT2D eigenvalue weighted by molar-refractivity contribution is 6.15. The minimum atomic E-state index is -0.487. The molecule has 1 aromatic heterocycles. The van der Waals surface area contributed by atoms with Crippen LogP contribution in [0.4, 0.5) is 0 Å². The van der Waals surface area contributed by atoms with Crippen LogP contribution in [0.2, 0.25) is 0 Å². The number of carbonyl (C=O) groups is 2. The van der Waals surface area contributed by atoms with Gasteiger partial charge in [-0.1, -0.05) is 96.6 Å². The van der Waals surface area contributed by atoms with E-state index in [1.54, 1.807) is 12.1 Å². The van der Waals surface area contributed by atoms with Crippen LogP contribution >= 0.6 is 0 Å². The number of rotatable bonds is 7. The number of pyridine rings is 1. The van der Waals surface area contributed by atoms with E-state index < -0.39 is 11.9 Å². The molecule has 5 aromatic carbocycles. The first-order valence-corrected chi connectivity index (χ1v) is 14.5. The van der Waals surface area contributed by atoms with Crippen LogP contribution in [-0.4, -0.2) is 16.9 Å². The predicted molar refractivity (Wildman–Crippen MR) is 176 cm³/mol. The van der Waals surface area contributed by atoms with Crippen LogP contribution in [0, 0.1) is 20.8 Å². The van der Waals surface area contributed by atoms with Gasteiger partial charge in [0.15, 0.2) is 0 Å². The third kappa shape index (κ3) is 6.13. The fourth-order valence-electron chi connectivity index (χ4n) is 5.28. The first-order chi connectivity index (χ1) is 21.4. The Morgan fingerprint density at radius 1 is 0.659 bits per heavy atom. The van der Waals surface area contributed by atoms with E-state index in [4.69, 9.17) is 14.5 Å². The summed E-state index contributed by atoms with van der Waals surface area (Å²) in [5.74, 6) is -0.506. The molecule has 0 aliphatic rings. The van der Waals surface area contributed by atoms with Crippen molar-refractivity contribution in [1.29, 1.82) is 0 Å². The molecule has 0 radical (unpaired) electrons.